The molecule has 1 aromatic rings. The molecule has 0 amide bonds. The Morgan fingerprint density at radius 2 is 1.94 bits per heavy atom. The van der Waals surface area contributed by atoms with Crippen molar-refractivity contribution in [2.24, 2.45) is 0 Å². The Bertz CT molecular complexity index is 400. The second-order valence-corrected chi connectivity index (χ2v) is 4.95. The van der Waals surface area contributed by atoms with Gasteiger partial charge in [0.1, 0.15) is 6.61 Å². The van der Waals surface area contributed by atoms with E-state index in [1.165, 1.54) is 11.8 Å². The largest absolute Gasteiger partial charge is 0.481 e. The molecule has 0 unspecified atom stereocenters. The Labute approximate surface area is 110 Å². The molecule has 18 heavy (non-hydrogen) atoms. The fourth-order valence-corrected chi connectivity index (χ4v) is 1.87. The van der Waals surface area contributed by atoms with Gasteiger partial charge in [0, 0.05) is 5.75 Å². The Kier molecular flexibility index (Phi) is 6.28. The van der Waals surface area contributed by atoms with Crippen molar-refractivity contribution in [2.75, 3.05) is 11.5 Å². The van der Waals surface area contributed by atoms with Gasteiger partial charge < -0.3 is 9.84 Å². The van der Waals surface area contributed by atoms with Crippen molar-refractivity contribution in [1.82, 2.24) is 0 Å². The lowest BCUT2D eigenvalue weighted by molar-refractivity contribution is -0.144. The fraction of sp³-hybridized carbons (Fsp3) is 0.385. The highest BCUT2D eigenvalue weighted by molar-refractivity contribution is 7.99. The van der Waals surface area contributed by atoms with Gasteiger partial charge in [-0.2, -0.15) is 0 Å². The number of rotatable bonds is 7. The number of esters is 1. The number of carbonyl (C=O) groups excluding carboxylic acids is 1. The number of aliphatic carboxylic acids is 1. The lowest BCUT2D eigenvalue weighted by Gasteiger charge is -2.05. The number of ether oxygens (including phenoxy) is 1. The predicted octanol–water partition coefficient (Wildman–Crippen LogP) is 2.25. The maximum atomic E-state index is 11.3. The van der Waals surface area contributed by atoms with Crippen LogP contribution < -0.4 is 0 Å². The van der Waals surface area contributed by atoms with Crippen LogP contribution in [-0.4, -0.2) is 28.6 Å². The summed E-state index contributed by atoms with van der Waals surface area (Å²) in [6.45, 7) is 2.26. The smallest absolute Gasteiger partial charge is 0.313 e. The molecule has 1 rings (SSSR count). The van der Waals surface area contributed by atoms with E-state index < -0.39 is 5.97 Å². The molecule has 0 spiro atoms. The second-order valence-electron chi connectivity index (χ2n) is 3.84. The van der Waals surface area contributed by atoms with Crippen LogP contribution in [0.25, 0.3) is 0 Å². The zero-order chi connectivity index (χ0) is 13.4. The van der Waals surface area contributed by atoms with E-state index in [1.807, 2.05) is 31.2 Å². The fourth-order valence-electron chi connectivity index (χ4n) is 1.24. The van der Waals surface area contributed by atoms with Gasteiger partial charge in [-0.1, -0.05) is 29.8 Å². The molecule has 0 radical (unpaired) electrons. The van der Waals surface area contributed by atoms with Gasteiger partial charge in [-0.3, -0.25) is 9.59 Å². The molecule has 98 valence electrons. The molecule has 4 nitrogen and oxygen atoms in total. The summed E-state index contributed by atoms with van der Waals surface area (Å²) in [5.74, 6) is -0.675. The minimum Gasteiger partial charge on any atom is -0.481 e. The molecule has 0 aromatic heterocycles. The molecular weight excluding hydrogens is 252 g/mol. The van der Waals surface area contributed by atoms with E-state index in [4.69, 9.17) is 9.84 Å². The van der Waals surface area contributed by atoms with E-state index in [1.54, 1.807) is 0 Å². The third-order valence-corrected chi connectivity index (χ3v) is 3.14. The SMILES string of the molecule is Cc1ccc(COC(=O)CCSCC(=O)O)cc1. The van der Waals surface area contributed by atoms with E-state index in [-0.39, 0.29) is 24.7 Å². The number of hydrogen-bond acceptors (Lipinski definition) is 4. The lowest BCUT2D eigenvalue weighted by atomic mass is 10.2. The molecule has 0 aliphatic heterocycles. The molecule has 0 aliphatic carbocycles. The average molecular weight is 268 g/mol. The topological polar surface area (TPSA) is 63.6 Å². The van der Waals surface area contributed by atoms with E-state index in [9.17, 15) is 9.59 Å². The molecule has 0 heterocycles. The summed E-state index contributed by atoms with van der Waals surface area (Å²) in [6.07, 6.45) is 0.240. The number of aryl methyl sites for hydroxylation is 1. The predicted molar refractivity (Wildman–Crippen MR) is 70.6 cm³/mol. The summed E-state index contributed by atoms with van der Waals surface area (Å²) < 4.78 is 5.08. The lowest BCUT2D eigenvalue weighted by Crippen LogP contribution is -2.07. The van der Waals surface area contributed by atoms with Crippen LogP contribution in [0.1, 0.15) is 17.5 Å². The number of hydrogen-bond donors (Lipinski definition) is 1. The summed E-state index contributed by atoms with van der Waals surface area (Å²) in [5.41, 5.74) is 2.11. The first kappa shape index (κ1) is 14.6. The van der Waals surface area contributed by atoms with Crippen molar-refractivity contribution in [1.29, 1.82) is 0 Å². The first-order valence-electron chi connectivity index (χ1n) is 5.58. The van der Waals surface area contributed by atoms with Gasteiger partial charge in [0.2, 0.25) is 0 Å². The second kappa shape index (κ2) is 7.76. The van der Waals surface area contributed by atoms with Gasteiger partial charge in [-0.05, 0) is 12.5 Å². The van der Waals surface area contributed by atoms with Gasteiger partial charge >= 0.3 is 11.9 Å². The molecule has 1 aromatic carbocycles. The average Bonchev–Trinajstić information content (AvgIpc) is 2.34. The third kappa shape index (κ3) is 6.30. The normalized spacial score (nSPS) is 10.1. The van der Waals surface area contributed by atoms with Crippen LogP contribution in [-0.2, 0) is 20.9 Å². The van der Waals surface area contributed by atoms with Crippen LogP contribution in [0.15, 0.2) is 24.3 Å². The van der Waals surface area contributed by atoms with Crippen LogP contribution >= 0.6 is 11.8 Å². The highest BCUT2D eigenvalue weighted by Crippen LogP contribution is 2.07. The van der Waals surface area contributed by atoms with Crippen LogP contribution in [0.4, 0.5) is 0 Å². The van der Waals surface area contributed by atoms with Crippen LogP contribution in [0.2, 0.25) is 0 Å². The molecule has 0 aliphatic rings. The maximum absolute atomic E-state index is 11.3. The summed E-state index contributed by atoms with van der Waals surface area (Å²) in [6, 6.07) is 7.77. The minimum atomic E-state index is -0.868. The highest BCUT2D eigenvalue weighted by Gasteiger charge is 2.04. The molecule has 0 saturated heterocycles. The summed E-state index contributed by atoms with van der Waals surface area (Å²) >= 11 is 1.21. The van der Waals surface area contributed by atoms with E-state index in [0.29, 0.717) is 5.75 Å². The molecule has 0 bridgehead atoms. The van der Waals surface area contributed by atoms with Gasteiger partial charge in [0.25, 0.3) is 0 Å². The Morgan fingerprint density at radius 1 is 1.28 bits per heavy atom. The van der Waals surface area contributed by atoms with Crippen molar-refractivity contribution >= 4 is 23.7 Å². The standard InChI is InChI=1S/C13H16O4S/c1-10-2-4-11(5-3-10)8-17-13(16)6-7-18-9-12(14)15/h2-5H,6-9H2,1H3,(H,14,15). The third-order valence-electron chi connectivity index (χ3n) is 2.20. The van der Waals surface area contributed by atoms with Gasteiger partial charge in [0.05, 0.1) is 12.2 Å². The Hall–Kier alpha value is -1.49. The molecule has 0 fully saturated rings. The number of carboxylic acids is 1. The zero-order valence-corrected chi connectivity index (χ0v) is 11.0. The van der Waals surface area contributed by atoms with Crippen LogP contribution in [0.5, 0.6) is 0 Å². The van der Waals surface area contributed by atoms with Crippen LogP contribution in [0.3, 0.4) is 0 Å². The summed E-state index contributed by atoms with van der Waals surface area (Å²) in [7, 11) is 0. The van der Waals surface area contributed by atoms with Crippen molar-refractivity contribution < 1.29 is 19.4 Å². The van der Waals surface area contributed by atoms with E-state index in [2.05, 4.69) is 0 Å². The molecule has 0 atom stereocenters. The summed E-state index contributed by atoms with van der Waals surface area (Å²) in [4.78, 5) is 21.6. The van der Waals surface area contributed by atoms with E-state index >= 15 is 0 Å². The number of benzene rings is 1. The minimum absolute atomic E-state index is 0.0191. The number of carboxylic acid groups (broad SMARTS) is 1. The van der Waals surface area contributed by atoms with E-state index in [0.717, 1.165) is 11.1 Å². The zero-order valence-electron chi connectivity index (χ0n) is 10.2. The van der Waals surface area contributed by atoms with Gasteiger partial charge in [-0.25, -0.2) is 0 Å². The summed E-state index contributed by atoms with van der Waals surface area (Å²) in [5, 5.41) is 8.42. The first-order chi connectivity index (χ1) is 8.58. The van der Waals surface area contributed by atoms with Crippen molar-refractivity contribution in [2.45, 2.75) is 20.0 Å². The quantitative estimate of drug-likeness (QED) is 0.607. The van der Waals surface area contributed by atoms with Gasteiger partial charge in [-0.15, -0.1) is 11.8 Å². The number of carbonyl (C=O) groups is 2. The van der Waals surface area contributed by atoms with Crippen molar-refractivity contribution in [3.63, 3.8) is 0 Å². The van der Waals surface area contributed by atoms with Gasteiger partial charge in [0.15, 0.2) is 0 Å². The first-order valence-corrected chi connectivity index (χ1v) is 6.74. The Balaban J connectivity index is 2.17. The molecule has 5 heteroatoms. The van der Waals surface area contributed by atoms with Crippen LogP contribution in [0, 0.1) is 6.92 Å². The maximum Gasteiger partial charge on any atom is 0.313 e. The van der Waals surface area contributed by atoms with Crippen molar-refractivity contribution in [3.05, 3.63) is 35.4 Å². The highest BCUT2D eigenvalue weighted by atomic mass is 32.2. The Morgan fingerprint density at radius 3 is 2.56 bits per heavy atom. The molecule has 0 saturated carbocycles. The molecule has 1 N–H and O–H groups in total. The number of thioether (sulfide) groups is 1. The molecular formula is C13H16O4S. The van der Waals surface area contributed by atoms with Crippen molar-refractivity contribution in [3.8, 4) is 0 Å². The monoisotopic (exact) mass is 268 g/mol.